The van der Waals surface area contributed by atoms with Crippen molar-refractivity contribution in [1.29, 1.82) is 10.5 Å². The Bertz CT molecular complexity index is 1590. The first-order chi connectivity index (χ1) is 15.8. The van der Waals surface area contributed by atoms with Gasteiger partial charge in [0.15, 0.2) is 0 Å². The molecule has 0 amide bonds. The number of nitrogens with zero attached hydrogens (tertiary/aromatic N) is 4. The van der Waals surface area contributed by atoms with Crippen LogP contribution in [0.1, 0.15) is 11.1 Å². The molecule has 0 aliphatic rings. The number of nitriles is 2. The third-order valence-electron chi connectivity index (χ3n) is 5.99. The van der Waals surface area contributed by atoms with Gasteiger partial charge in [0.25, 0.3) is 0 Å². The molecular formula is C28H16N4. The number of fused-ring (bicyclic) bond motifs is 5. The summed E-state index contributed by atoms with van der Waals surface area (Å²) >= 11 is 0. The lowest BCUT2D eigenvalue weighted by molar-refractivity contribution is 1.07. The van der Waals surface area contributed by atoms with Crippen molar-refractivity contribution >= 4 is 32.8 Å². The summed E-state index contributed by atoms with van der Waals surface area (Å²) in [6, 6.07) is 36.6. The van der Waals surface area contributed by atoms with Crippen LogP contribution < -0.4 is 0 Å². The second-order valence-corrected chi connectivity index (χ2v) is 7.72. The normalized spacial score (nSPS) is 11.1. The summed E-state index contributed by atoms with van der Waals surface area (Å²) in [4.78, 5) is 0. The van der Waals surface area contributed by atoms with Gasteiger partial charge in [-0.15, -0.1) is 0 Å². The molecule has 2 aromatic heterocycles. The molecule has 0 N–H and O–H groups in total. The summed E-state index contributed by atoms with van der Waals surface area (Å²) < 4.78 is 4.51. The first-order valence-electron chi connectivity index (χ1n) is 10.3. The SMILES string of the molecule is N#Cc1ccc(-n2c3ccccc3c3c4ccccc4n(-c4ccc(C#N)cc4)c32)cc1. The number of para-hydroxylation sites is 2. The van der Waals surface area contributed by atoms with Gasteiger partial charge in [0.05, 0.1) is 34.3 Å². The van der Waals surface area contributed by atoms with Crippen LogP contribution in [0.2, 0.25) is 0 Å². The van der Waals surface area contributed by atoms with Gasteiger partial charge >= 0.3 is 0 Å². The predicted molar refractivity (Wildman–Crippen MR) is 127 cm³/mol. The molecule has 0 saturated heterocycles. The van der Waals surface area contributed by atoms with Crippen molar-refractivity contribution < 1.29 is 0 Å². The number of rotatable bonds is 2. The van der Waals surface area contributed by atoms with Crippen LogP contribution in [0.5, 0.6) is 0 Å². The fourth-order valence-corrected chi connectivity index (χ4v) is 4.59. The second-order valence-electron chi connectivity index (χ2n) is 7.72. The fraction of sp³-hybridized carbons (Fsp3) is 0. The molecule has 0 fully saturated rings. The third-order valence-corrected chi connectivity index (χ3v) is 5.99. The van der Waals surface area contributed by atoms with Gasteiger partial charge in [0.2, 0.25) is 0 Å². The molecule has 0 radical (unpaired) electrons. The largest absolute Gasteiger partial charge is 0.295 e. The van der Waals surface area contributed by atoms with Crippen LogP contribution in [0.25, 0.3) is 44.2 Å². The molecular weight excluding hydrogens is 392 g/mol. The van der Waals surface area contributed by atoms with Crippen LogP contribution in [0.3, 0.4) is 0 Å². The Labute approximate surface area is 184 Å². The van der Waals surface area contributed by atoms with Crippen molar-refractivity contribution in [3.05, 3.63) is 108 Å². The topological polar surface area (TPSA) is 57.4 Å². The van der Waals surface area contributed by atoms with Crippen LogP contribution in [0.4, 0.5) is 0 Å². The van der Waals surface area contributed by atoms with Crippen molar-refractivity contribution in [1.82, 2.24) is 9.13 Å². The summed E-state index contributed by atoms with van der Waals surface area (Å²) in [6.45, 7) is 0. The Hall–Kier alpha value is -4.80. The van der Waals surface area contributed by atoms with Crippen molar-refractivity contribution in [2.45, 2.75) is 0 Å². The van der Waals surface area contributed by atoms with Gasteiger partial charge in [-0.1, -0.05) is 36.4 Å². The Morgan fingerprint density at radius 1 is 0.500 bits per heavy atom. The Morgan fingerprint density at radius 2 is 0.906 bits per heavy atom. The molecule has 0 aliphatic heterocycles. The lowest BCUT2D eigenvalue weighted by atomic mass is 10.1. The molecule has 148 valence electrons. The molecule has 0 aliphatic carbocycles. The Balaban J connectivity index is 1.82. The van der Waals surface area contributed by atoms with E-state index in [9.17, 15) is 10.5 Å². The minimum Gasteiger partial charge on any atom is -0.295 e. The first-order valence-corrected chi connectivity index (χ1v) is 10.3. The third kappa shape index (κ3) is 2.48. The minimum absolute atomic E-state index is 0.633. The fourth-order valence-electron chi connectivity index (χ4n) is 4.59. The maximum atomic E-state index is 9.25. The molecule has 4 nitrogen and oxygen atoms in total. The molecule has 0 spiro atoms. The molecule has 4 aromatic carbocycles. The van der Waals surface area contributed by atoms with Crippen LogP contribution >= 0.6 is 0 Å². The van der Waals surface area contributed by atoms with E-state index in [0.29, 0.717) is 11.1 Å². The number of aromatic nitrogens is 2. The molecule has 2 heterocycles. The summed E-state index contributed by atoms with van der Waals surface area (Å²) in [7, 11) is 0. The van der Waals surface area contributed by atoms with Gasteiger partial charge in [-0.3, -0.25) is 9.13 Å². The maximum absolute atomic E-state index is 9.25. The number of hydrogen-bond donors (Lipinski definition) is 0. The smallest absolute Gasteiger partial charge is 0.131 e. The summed E-state index contributed by atoms with van der Waals surface area (Å²) in [5, 5.41) is 22.0. The highest BCUT2D eigenvalue weighted by Crippen LogP contribution is 2.40. The average molecular weight is 408 g/mol. The molecule has 32 heavy (non-hydrogen) atoms. The van der Waals surface area contributed by atoms with Gasteiger partial charge in [0, 0.05) is 27.5 Å². The summed E-state index contributed by atoms with van der Waals surface area (Å²) in [5.74, 6) is 0. The number of hydrogen-bond acceptors (Lipinski definition) is 2. The molecule has 0 atom stereocenters. The first kappa shape index (κ1) is 18.0. The van der Waals surface area contributed by atoms with Crippen LogP contribution in [0, 0.1) is 22.7 Å². The zero-order chi connectivity index (χ0) is 21.7. The molecule has 0 bridgehead atoms. The molecule has 0 saturated carbocycles. The lowest BCUT2D eigenvalue weighted by Crippen LogP contribution is -2.01. The summed E-state index contributed by atoms with van der Waals surface area (Å²) in [6.07, 6.45) is 0. The van der Waals surface area contributed by atoms with E-state index in [2.05, 4.69) is 69.8 Å². The lowest BCUT2D eigenvalue weighted by Gasteiger charge is -2.13. The molecule has 0 unspecified atom stereocenters. The van der Waals surface area contributed by atoms with E-state index >= 15 is 0 Å². The molecule has 6 aromatic rings. The van der Waals surface area contributed by atoms with Crippen molar-refractivity contribution in [3.8, 4) is 23.5 Å². The van der Waals surface area contributed by atoms with Crippen LogP contribution in [-0.4, -0.2) is 9.13 Å². The van der Waals surface area contributed by atoms with Gasteiger partial charge in [-0.25, -0.2) is 0 Å². The Morgan fingerprint density at radius 3 is 1.31 bits per heavy atom. The Kier molecular flexibility index (Phi) is 3.87. The average Bonchev–Trinajstić information content (AvgIpc) is 3.37. The van der Waals surface area contributed by atoms with Crippen molar-refractivity contribution in [3.63, 3.8) is 0 Å². The monoisotopic (exact) mass is 408 g/mol. The highest BCUT2D eigenvalue weighted by atomic mass is 15.1. The molecule has 6 rings (SSSR count). The second kappa shape index (κ2) is 6.87. The maximum Gasteiger partial charge on any atom is 0.131 e. The van der Waals surface area contributed by atoms with Gasteiger partial charge in [-0.2, -0.15) is 10.5 Å². The predicted octanol–water partition coefficient (Wildman–Crippen LogP) is 6.47. The standard InChI is InChI=1S/C28H16N4/c29-17-19-9-13-21(14-10-19)31-25-7-3-1-5-23(25)27-24-6-2-4-8-26(24)32(28(27)31)22-15-11-20(18-30)12-16-22/h1-16H. The van der Waals surface area contributed by atoms with E-state index in [0.717, 1.165) is 28.1 Å². The van der Waals surface area contributed by atoms with Crippen LogP contribution in [-0.2, 0) is 0 Å². The van der Waals surface area contributed by atoms with Crippen LogP contribution in [0.15, 0.2) is 97.1 Å². The van der Waals surface area contributed by atoms with E-state index in [4.69, 9.17) is 0 Å². The van der Waals surface area contributed by atoms with E-state index < -0.39 is 0 Å². The van der Waals surface area contributed by atoms with E-state index in [1.807, 2.05) is 48.5 Å². The summed E-state index contributed by atoms with van der Waals surface area (Å²) in [5.41, 5.74) is 6.52. The van der Waals surface area contributed by atoms with Gasteiger partial charge < -0.3 is 0 Å². The van der Waals surface area contributed by atoms with E-state index in [1.165, 1.54) is 16.2 Å². The minimum atomic E-state index is 0.633. The van der Waals surface area contributed by atoms with E-state index in [-0.39, 0.29) is 0 Å². The zero-order valence-electron chi connectivity index (χ0n) is 17.0. The zero-order valence-corrected chi connectivity index (χ0v) is 17.0. The number of benzene rings is 4. The molecule has 4 heteroatoms. The van der Waals surface area contributed by atoms with Gasteiger partial charge in [0.1, 0.15) is 5.65 Å². The highest BCUT2D eigenvalue weighted by molar-refractivity contribution is 6.22. The van der Waals surface area contributed by atoms with Gasteiger partial charge in [-0.05, 0) is 60.7 Å². The van der Waals surface area contributed by atoms with Crippen molar-refractivity contribution in [2.75, 3.05) is 0 Å². The van der Waals surface area contributed by atoms with E-state index in [1.54, 1.807) is 0 Å². The quantitative estimate of drug-likeness (QED) is 0.330. The highest BCUT2D eigenvalue weighted by Gasteiger charge is 2.21. The van der Waals surface area contributed by atoms with Crippen molar-refractivity contribution in [2.24, 2.45) is 0 Å².